The highest BCUT2D eigenvalue weighted by atomic mass is 32.1. The second-order valence-corrected chi connectivity index (χ2v) is 8.29. The topological polar surface area (TPSA) is 55.8 Å². The van der Waals surface area contributed by atoms with Crippen LogP contribution in [0.5, 0.6) is 0 Å². The van der Waals surface area contributed by atoms with Crippen molar-refractivity contribution in [2.24, 2.45) is 0 Å². The Morgan fingerprint density at radius 2 is 1.96 bits per heavy atom. The van der Waals surface area contributed by atoms with E-state index in [2.05, 4.69) is 18.2 Å². The fourth-order valence-corrected chi connectivity index (χ4v) is 5.23. The molecule has 1 aromatic rings. The van der Waals surface area contributed by atoms with Gasteiger partial charge in [0.05, 0.1) is 19.0 Å². The molecular formula is C23H24O4S. The highest BCUT2D eigenvalue weighted by molar-refractivity contribution is 7.13. The van der Waals surface area contributed by atoms with Crippen LogP contribution in [0.25, 0.3) is 17.4 Å². The molecule has 0 saturated carbocycles. The van der Waals surface area contributed by atoms with Crippen LogP contribution in [0.15, 0.2) is 41.7 Å². The Kier molecular flexibility index (Phi) is 5.38. The van der Waals surface area contributed by atoms with Crippen LogP contribution < -0.4 is 0 Å². The number of ether oxygens (including phenoxy) is 2. The molecule has 0 bridgehead atoms. The molecule has 4 nitrogen and oxygen atoms in total. The summed E-state index contributed by atoms with van der Waals surface area (Å²) in [6.07, 6.45) is 15.2. The van der Waals surface area contributed by atoms with Gasteiger partial charge < -0.3 is 14.6 Å². The van der Waals surface area contributed by atoms with Crippen LogP contribution in [0.2, 0.25) is 0 Å². The van der Waals surface area contributed by atoms with Crippen LogP contribution in [0, 0.1) is 0 Å². The largest absolute Gasteiger partial charge is 0.507 e. The molecule has 0 aliphatic heterocycles. The Morgan fingerprint density at radius 1 is 1.11 bits per heavy atom. The van der Waals surface area contributed by atoms with Gasteiger partial charge in [-0.15, -0.1) is 11.3 Å². The van der Waals surface area contributed by atoms with Crippen molar-refractivity contribution in [2.75, 3.05) is 14.2 Å². The van der Waals surface area contributed by atoms with E-state index in [4.69, 9.17) is 9.47 Å². The Hall–Kier alpha value is -2.37. The average molecular weight is 397 g/mol. The Morgan fingerprint density at radius 3 is 2.61 bits per heavy atom. The summed E-state index contributed by atoms with van der Waals surface area (Å²) in [4.78, 5) is 13.9. The van der Waals surface area contributed by atoms with Crippen LogP contribution in [0.3, 0.4) is 0 Å². The first-order valence-corrected chi connectivity index (χ1v) is 10.4. The molecule has 1 aromatic heterocycles. The lowest BCUT2D eigenvalue weighted by atomic mass is 9.90. The van der Waals surface area contributed by atoms with Gasteiger partial charge in [0, 0.05) is 41.7 Å². The third kappa shape index (κ3) is 3.52. The van der Waals surface area contributed by atoms with Gasteiger partial charge in [-0.05, 0) is 41.7 Å². The van der Waals surface area contributed by atoms with Gasteiger partial charge >= 0.3 is 0 Å². The minimum absolute atomic E-state index is 0.0640. The minimum Gasteiger partial charge on any atom is -0.507 e. The Balaban J connectivity index is 1.84. The van der Waals surface area contributed by atoms with Crippen molar-refractivity contribution < 1.29 is 19.4 Å². The molecule has 0 saturated heterocycles. The fraction of sp³-hybridized carbons (Fsp3) is 0.348. The third-order valence-corrected chi connectivity index (χ3v) is 6.81. The summed E-state index contributed by atoms with van der Waals surface area (Å²) in [5.41, 5.74) is 4.00. The predicted molar refractivity (Wildman–Crippen MR) is 113 cm³/mol. The summed E-state index contributed by atoms with van der Waals surface area (Å²) >= 11 is 1.73. The number of aliphatic hydroxyl groups excluding tert-OH is 1. The minimum atomic E-state index is 0.0640. The molecule has 146 valence electrons. The first-order valence-electron chi connectivity index (χ1n) is 9.55. The van der Waals surface area contributed by atoms with E-state index in [1.807, 2.05) is 6.08 Å². The number of aliphatic hydroxyl groups is 1. The van der Waals surface area contributed by atoms with Crippen molar-refractivity contribution >= 4 is 34.5 Å². The fourth-order valence-electron chi connectivity index (χ4n) is 3.85. The van der Waals surface area contributed by atoms with Crippen molar-refractivity contribution in [3.8, 4) is 0 Å². The highest BCUT2D eigenvalue weighted by Gasteiger charge is 2.27. The number of carbonyl (C=O) groups excluding carboxylic acids is 1. The van der Waals surface area contributed by atoms with Crippen molar-refractivity contribution in [2.45, 2.75) is 38.2 Å². The standard InChI is InChI=1S/C23H24O4S/c1-26-17-9-5-15(6-10-17)23-21(22(25)14-3-7-16(24)8-4-14)19-12-11-18(27-2)13-20(19)28-23/h3,5,7,9,11-12,18,25H,4,6,8,10,13H2,1-2H3. The van der Waals surface area contributed by atoms with Gasteiger partial charge in [0.2, 0.25) is 0 Å². The second kappa shape index (κ2) is 7.94. The number of ketones is 1. The number of fused-ring (bicyclic) bond motifs is 1. The van der Waals surface area contributed by atoms with Crippen molar-refractivity contribution in [3.05, 3.63) is 62.6 Å². The number of thiophene rings is 1. The summed E-state index contributed by atoms with van der Waals surface area (Å²) in [7, 11) is 3.42. The van der Waals surface area contributed by atoms with Gasteiger partial charge in [-0.1, -0.05) is 24.3 Å². The van der Waals surface area contributed by atoms with Crippen molar-refractivity contribution in [1.29, 1.82) is 0 Å². The lowest BCUT2D eigenvalue weighted by molar-refractivity contribution is -0.114. The van der Waals surface area contributed by atoms with Crippen LogP contribution in [0.1, 0.15) is 46.6 Å². The normalized spacial score (nSPS) is 23.2. The van der Waals surface area contributed by atoms with Crippen molar-refractivity contribution in [1.82, 2.24) is 0 Å². The SMILES string of the molecule is COC1=CC=C(c2sc3c(c2C(O)=C2C=CC(=O)CC2)C=CC(OC)C3)CC1. The van der Waals surface area contributed by atoms with E-state index in [-0.39, 0.29) is 11.9 Å². The maximum atomic E-state index is 11.6. The maximum Gasteiger partial charge on any atom is 0.156 e. The van der Waals surface area contributed by atoms with Crippen LogP contribution in [0.4, 0.5) is 0 Å². The first-order chi connectivity index (χ1) is 13.6. The molecule has 1 unspecified atom stereocenters. The summed E-state index contributed by atoms with van der Waals surface area (Å²) in [6, 6.07) is 0. The molecule has 0 radical (unpaired) electrons. The van der Waals surface area contributed by atoms with Gasteiger partial charge in [0.15, 0.2) is 5.78 Å². The molecule has 3 aliphatic rings. The van der Waals surface area contributed by atoms with Gasteiger partial charge in [0.1, 0.15) is 5.76 Å². The van der Waals surface area contributed by atoms with E-state index in [1.54, 1.807) is 37.7 Å². The maximum absolute atomic E-state index is 11.6. The second-order valence-electron chi connectivity index (χ2n) is 7.18. The molecule has 4 rings (SSSR count). The van der Waals surface area contributed by atoms with E-state index in [0.29, 0.717) is 18.6 Å². The zero-order valence-electron chi connectivity index (χ0n) is 16.2. The number of hydrogen-bond donors (Lipinski definition) is 1. The lowest BCUT2D eigenvalue weighted by Crippen LogP contribution is -2.13. The smallest absolute Gasteiger partial charge is 0.156 e. The number of carbonyl (C=O) groups is 1. The van der Waals surface area contributed by atoms with Gasteiger partial charge in [-0.3, -0.25) is 4.79 Å². The Bertz CT molecular complexity index is 955. The summed E-state index contributed by atoms with van der Waals surface area (Å²) < 4.78 is 10.9. The molecule has 0 amide bonds. The van der Waals surface area contributed by atoms with Crippen LogP contribution >= 0.6 is 11.3 Å². The quantitative estimate of drug-likeness (QED) is 0.708. The van der Waals surface area contributed by atoms with Crippen molar-refractivity contribution in [3.63, 3.8) is 0 Å². The number of allylic oxidation sites excluding steroid dienone is 7. The molecule has 1 atom stereocenters. The zero-order valence-corrected chi connectivity index (χ0v) is 17.0. The molecule has 0 aromatic carbocycles. The first kappa shape index (κ1) is 19.0. The average Bonchev–Trinajstić information content (AvgIpc) is 3.12. The zero-order chi connectivity index (χ0) is 19.7. The number of hydrogen-bond acceptors (Lipinski definition) is 5. The van der Waals surface area contributed by atoms with Gasteiger partial charge in [-0.25, -0.2) is 0 Å². The summed E-state index contributed by atoms with van der Waals surface area (Å²) in [5, 5.41) is 11.2. The highest BCUT2D eigenvalue weighted by Crippen LogP contribution is 2.44. The molecule has 0 spiro atoms. The van der Waals surface area contributed by atoms with E-state index in [9.17, 15) is 9.90 Å². The monoisotopic (exact) mass is 396 g/mol. The molecule has 1 heterocycles. The molecule has 28 heavy (non-hydrogen) atoms. The van der Waals surface area contributed by atoms with Crippen LogP contribution in [-0.2, 0) is 20.7 Å². The lowest BCUT2D eigenvalue weighted by Gasteiger charge is -2.17. The van der Waals surface area contributed by atoms with Gasteiger partial charge in [-0.2, -0.15) is 0 Å². The molecule has 3 aliphatic carbocycles. The van der Waals surface area contributed by atoms with E-state index in [0.717, 1.165) is 46.6 Å². The summed E-state index contributed by atoms with van der Waals surface area (Å²) in [6.45, 7) is 0. The predicted octanol–water partition coefficient (Wildman–Crippen LogP) is 5.23. The number of rotatable bonds is 4. The molecular weight excluding hydrogens is 372 g/mol. The Labute approximate surface area is 169 Å². The molecule has 0 fully saturated rings. The molecule has 5 heteroatoms. The van der Waals surface area contributed by atoms with E-state index in [1.165, 1.54) is 10.5 Å². The summed E-state index contributed by atoms with van der Waals surface area (Å²) in [5.74, 6) is 1.38. The third-order valence-electron chi connectivity index (χ3n) is 5.51. The van der Waals surface area contributed by atoms with Gasteiger partial charge in [0.25, 0.3) is 0 Å². The van der Waals surface area contributed by atoms with E-state index < -0.39 is 0 Å². The molecule has 1 N–H and O–H groups in total. The number of methoxy groups -OCH3 is 2. The van der Waals surface area contributed by atoms with Crippen LogP contribution in [-0.4, -0.2) is 31.2 Å². The van der Waals surface area contributed by atoms with E-state index >= 15 is 0 Å².